The number of imidazole rings is 1. The van der Waals surface area contributed by atoms with Crippen molar-refractivity contribution < 1.29 is 25.8 Å². The predicted octanol–water partition coefficient (Wildman–Crippen LogP) is 9.51. The zero-order chi connectivity index (χ0) is 30.9. The van der Waals surface area contributed by atoms with E-state index in [2.05, 4.69) is 90.5 Å². The van der Waals surface area contributed by atoms with Gasteiger partial charge in [-0.25, -0.2) is 4.98 Å². The van der Waals surface area contributed by atoms with Crippen molar-refractivity contribution >= 4 is 49.4 Å². The van der Waals surface area contributed by atoms with Gasteiger partial charge in [0.1, 0.15) is 5.65 Å². The van der Waals surface area contributed by atoms with Gasteiger partial charge in [-0.1, -0.05) is 64.5 Å². The molecule has 0 fully saturated rings. The molecule has 47 heavy (non-hydrogen) atoms. The van der Waals surface area contributed by atoms with E-state index in [1.807, 2.05) is 60.9 Å². The van der Waals surface area contributed by atoms with Crippen LogP contribution in [0.4, 0.5) is 0 Å². The van der Waals surface area contributed by atoms with Crippen molar-refractivity contribution in [2.24, 2.45) is 0 Å². The maximum Gasteiger partial charge on any atom is 2.00 e. The molecule has 0 aliphatic heterocycles. The summed E-state index contributed by atoms with van der Waals surface area (Å²) in [6.45, 7) is 6.42. The van der Waals surface area contributed by atoms with Crippen LogP contribution in [0.2, 0.25) is 0 Å². The predicted molar refractivity (Wildman–Crippen MR) is 184 cm³/mol. The average Bonchev–Trinajstić information content (AvgIpc) is 3.65. The minimum absolute atomic E-state index is 0. The second-order valence-electron chi connectivity index (χ2n) is 11.8. The van der Waals surface area contributed by atoms with E-state index in [1.54, 1.807) is 0 Å². The van der Waals surface area contributed by atoms with E-state index in [-0.39, 0.29) is 21.1 Å². The van der Waals surface area contributed by atoms with Crippen molar-refractivity contribution in [2.75, 3.05) is 0 Å². The summed E-state index contributed by atoms with van der Waals surface area (Å²) in [4.78, 5) is 14.7. The number of fused-ring (bicyclic) bond motifs is 9. The number of aryl methyl sites for hydroxylation is 3. The Morgan fingerprint density at radius 1 is 0.660 bits per heavy atom. The number of para-hydroxylation sites is 1. The molecule has 0 unspecified atom stereocenters. The Bertz CT molecular complexity index is 2590. The van der Waals surface area contributed by atoms with E-state index in [9.17, 15) is 0 Å². The van der Waals surface area contributed by atoms with Crippen LogP contribution in [0.5, 0.6) is 11.5 Å². The van der Waals surface area contributed by atoms with Crippen LogP contribution in [0.25, 0.3) is 66.3 Å². The topological polar surface area (TPSA) is 57.2 Å². The van der Waals surface area contributed by atoms with Crippen molar-refractivity contribution in [1.82, 2.24) is 23.9 Å². The number of rotatable bonds is 4. The molecule has 9 aromatic rings. The summed E-state index contributed by atoms with van der Waals surface area (Å²) in [5.74, 6) is 1.16. The Morgan fingerprint density at radius 3 is 2.28 bits per heavy atom. The van der Waals surface area contributed by atoms with E-state index in [4.69, 9.17) is 19.7 Å². The Labute approximate surface area is 285 Å². The third kappa shape index (κ3) is 4.63. The van der Waals surface area contributed by atoms with Crippen LogP contribution in [0.3, 0.4) is 0 Å². The summed E-state index contributed by atoms with van der Waals surface area (Å²) in [5, 5.41) is 4.06. The van der Waals surface area contributed by atoms with Gasteiger partial charge in [0.25, 0.3) is 0 Å². The summed E-state index contributed by atoms with van der Waals surface area (Å²) < 4.78 is 10.7. The van der Waals surface area contributed by atoms with Crippen LogP contribution in [0.1, 0.15) is 16.7 Å². The molecule has 0 spiro atoms. The van der Waals surface area contributed by atoms with Gasteiger partial charge in [0.05, 0.1) is 27.9 Å². The first-order valence-electron chi connectivity index (χ1n) is 15.3. The zero-order valence-electron chi connectivity index (χ0n) is 25.9. The monoisotopic (exact) mass is 788 g/mol. The molecule has 0 saturated heterocycles. The number of pyridine rings is 3. The molecule has 0 aliphatic rings. The minimum atomic E-state index is 0. The van der Waals surface area contributed by atoms with Crippen LogP contribution >= 0.6 is 0 Å². The number of aromatic nitrogens is 5. The summed E-state index contributed by atoms with van der Waals surface area (Å²) in [5.41, 5.74) is 11.2. The fourth-order valence-electron chi connectivity index (χ4n) is 6.94. The number of nitrogens with zero attached hydrogens (tertiary/aromatic N) is 5. The molecular formula is C40H27N5OPt. The largest absolute Gasteiger partial charge is 2.00 e. The van der Waals surface area contributed by atoms with Gasteiger partial charge in [-0.05, 0) is 62.2 Å². The van der Waals surface area contributed by atoms with E-state index in [0.29, 0.717) is 11.5 Å². The van der Waals surface area contributed by atoms with Crippen molar-refractivity contribution in [3.8, 4) is 28.4 Å². The van der Waals surface area contributed by atoms with Gasteiger partial charge in [-0.3, -0.25) is 9.97 Å². The molecule has 4 aromatic carbocycles. The smallest absolute Gasteiger partial charge is 0.503 e. The van der Waals surface area contributed by atoms with Crippen molar-refractivity contribution in [3.63, 3.8) is 0 Å². The Hall–Kier alpha value is -5.32. The van der Waals surface area contributed by atoms with Gasteiger partial charge in [-0.15, -0.1) is 24.3 Å². The van der Waals surface area contributed by atoms with Gasteiger partial charge >= 0.3 is 21.1 Å². The standard InChI is InChI=1S/C40H27N5O.Pt/c1-24-19-25(2)37(26(3)20-24)34-23-44-36-14-8-17-41-38(36)31-16-15-29(22-33(31)40(44)43-34)46-28-10-6-9-27(21-28)45-35-13-5-4-11-30(35)32-12-7-18-42-39(32)45;/h4-20,23H,1-3H3;/q-2;+2. The van der Waals surface area contributed by atoms with Gasteiger partial charge in [0, 0.05) is 46.4 Å². The third-order valence-electron chi connectivity index (χ3n) is 8.73. The molecule has 6 nitrogen and oxygen atoms in total. The van der Waals surface area contributed by atoms with Gasteiger partial charge < -0.3 is 13.7 Å². The maximum atomic E-state index is 6.45. The van der Waals surface area contributed by atoms with Crippen LogP contribution in [0, 0.1) is 32.9 Å². The van der Waals surface area contributed by atoms with Crippen molar-refractivity contribution in [1.29, 1.82) is 0 Å². The quantitative estimate of drug-likeness (QED) is 0.132. The summed E-state index contributed by atoms with van der Waals surface area (Å²) in [6, 6.07) is 37.8. The second kappa shape index (κ2) is 11.2. The molecule has 228 valence electrons. The van der Waals surface area contributed by atoms with Crippen molar-refractivity contribution in [2.45, 2.75) is 20.8 Å². The minimum Gasteiger partial charge on any atom is -0.503 e. The van der Waals surface area contributed by atoms with E-state index < -0.39 is 0 Å². The van der Waals surface area contributed by atoms with Gasteiger partial charge in [-0.2, -0.15) is 6.07 Å². The molecule has 0 amide bonds. The number of hydrogen-bond donors (Lipinski definition) is 0. The average molecular weight is 789 g/mol. The molecule has 0 saturated carbocycles. The van der Waals surface area contributed by atoms with Gasteiger partial charge in [0.2, 0.25) is 0 Å². The first-order valence-corrected chi connectivity index (χ1v) is 15.3. The van der Waals surface area contributed by atoms with Crippen molar-refractivity contribution in [3.05, 3.63) is 138 Å². The molecule has 9 rings (SSSR count). The molecule has 0 radical (unpaired) electrons. The van der Waals surface area contributed by atoms with E-state index >= 15 is 0 Å². The Balaban J connectivity index is 0.00000324. The summed E-state index contributed by atoms with van der Waals surface area (Å²) in [6.07, 6.45) is 5.76. The molecule has 7 heteroatoms. The SMILES string of the molecule is Cc1cc(C)c(-c2cn3c4cccnc4c4ccc(Oc5[c-]c(-n6c7ccccc7c7cccnc76)ccc5)[c-]c4c3n2)c(C)c1.[Pt+2]. The third-order valence-corrected chi connectivity index (χ3v) is 8.73. The molecular weight excluding hydrogens is 762 g/mol. The zero-order valence-corrected chi connectivity index (χ0v) is 28.1. The van der Waals surface area contributed by atoms with Gasteiger partial charge in [0.15, 0.2) is 0 Å². The Kier molecular flexibility index (Phi) is 6.92. The van der Waals surface area contributed by atoms with Crippen LogP contribution in [-0.2, 0) is 21.1 Å². The summed E-state index contributed by atoms with van der Waals surface area (Å²) >= 11 is 0. The normalized spacial score (nSPS) is 11.6. The molecule has 5 heterocycles. The van der Waals surface area contributed by atoms with Crippen LogP contribution < -0.4 is 4.74 Å². The maximum absolute atomic E-state index is 6.45. The molecule has 0 N–H and O–H groups in total. The molecule has 0 bridgehead atoms. The second-order valence-corrected chi connectivity index (χ2v) is 11.8. The van der Waals surface area contributed by atoms with E-state index in [0.717, 1.165) is 66.3 Å². The Morgan fingerprint density at radius 2 is 1.40 bits per heavy atom. The summed E-state index contributed by atoms with van der Waals surface area (Å²) in [7, 11) is 0. The number of benzene rings is 4. The van der Waals surface area contributed by atoms with Crippen LogP contribution in [0.15, 0.2) is 110 Å². The molecule has 0 atom stereocenters. The molecule has 0 aliphatic carbocycles. The number of ether oxygens (including phenoxy) is 1. The van der Waals surface area contributed by atoms with Crippen LogP contribution in [-0.4, -0.2) is 23.9 Å². The van der Waals surface area contributed by atoms with E-state index in [1.165, 1.54) is 16.7 Å². The fourth-order valence-corrected chi connectivity index (χ4v) is 6.94. The fraction of sp³-hybridized carbons (Fsp3) is 0.0750. The first kappa shape index (κ1) is 29.1. The molecule has 5 aromatic heterocycles. The first-order chi connectivity index (χ1) is 22.5. The number of hydrogen-bond acceptors (Lipinski definition) is 4.